The number of hydrogen-bond acceptors (Lipinski definition) is 6. The minimum absolute atomic E-state index is 0.0277. The fourth-order valence-corrected chi connectivity index (χ4v) is 3.23. The molecule has 3 atom stereocenters. The first-order chi connectivity index (χ1) is 12.3. The van der Waals surface area contributed by atoms with Crippen LogP contribution in [0.4, 0.5) is 0 Å². The third kappa shape index (κ3) is 4.70. The highest BCUT2D eigenvalue weighted by atomic mass is 16.5. The summed E-state index contributed by atoms with van der Waals surface area (Å²) in [4.78, 5) is 60.8. The van der Waals surface area contributed by atoms with E-state index in [4.69, 9.17) is 5.73 Å². The predicted octanol–water partition coefficient (Wildman–Crippen LogP) is -1.82. The molecule has 0 aliphatic carbocycles. The molecule has 0 aromatic rings. The largest absolute Gasteiger partial charge is 0.469 e. The minimum atomic E-state index is -1.00. The number of nitrogens with one attached hydrogen (secondary N) is 2. The lowest BCUT2D eigenvalue weighted by molar-refractivity contribution is -0.143. The lowest BCUT2D eigenvalue weighted by Gasteiger charge is -2.28. The number of carbonyl (C=O) groups excluding carboxylic acids is 5. The maximum absolute atomic E-state index is 12.8. The van der Waals surface area contributed by atoms with Gasteiger partial charge in [-0.15, -0.1) is 0 Å². The summed E-state index contributed by atoms with van der Waals surface area (Å²) in [5.41, 5.74) is 5.34. The van der Waals surface area contributed by atoms with Gasteiger partial charge in [0, 0.05) is 19.4 Å². The van der Waals surface area contributed by atoms with Crippen LogP contribution in [0.25, 0.3) is 0 Å². The average molecular weight is 368 g/mol. The molecule has 0 radical (unpaired) electrons. The molecule has 0 aromatic heterocycles. The Morgan fingerprint density at radius 2 is 2.08 bits per heavy atom. The summed E-state index contributed by atoms with van der Waals surface area (Å²) < 4.78 is 4.58. The highest BCUT2D eigenvalue weighted by Gasteiger charge is 2.38. The van der Waals surface area contributed by atoms with Crippen molar-refractivity contribution in [2.75, 3.05) is 13.7 Å². The molecule has 2 saturated heterocycles. The van der Waals surface area contributed by atoms with Gasteiger partial charge in [-0.3, -0.25) is 24.0 Å². The van der Waals surface area contributed by atoms with Crippen LogP contribution in [0.1, 0.15) is 38.5 Å². The van der Waals surface area contributed by atoms with Crippen LogP contribution in [0.2, 0.25) is 0 Å². The molecule has 0 aromatic carbocycles. The third-order valence-corrected chi connectivity index (χ3v) is 4.66. The van der Waals surface area contributed by atoms with Crippen LogP contribution in [0.3, 0.4) is 0 Å². The summed E-state index contributed by atoms with van der Waals surface area (Å²) in [6.45, 7) is 0.358. The molecule has 2 aliphatic rings. The van der Waals surface area contributed by atoms with Crippen molar-refractivity contribution in [2.24, 2.45) is 5.73 Å². The van der Waals surface area contributed by atoms with Crippen molar-refractivity contribution >= 4 is 29.6 Å². The number of amides is 4. The first-order valence-electron chi connectivity index (χ1n) is 8.59. The highest BCUT2D eigenvalue weighted by Crippen LogP contribution is 2.19. The van der Waals surface area contributed by atoms with Crippen molar-refractivity contribution in [3.8, 4) is 0 Å². The van der Waals surface area contributed by atoms with Crippen molar-refractivity contribution < 1.29 is 28.7 Å². The van der Waals surface area contributed by atoms with Crippen LogP contribution in [0, 0.1) is 0 Å². The number of hydrogen-bond donors (Lipinski definition) is 3. The fourth-order valence-electron chi connectivity index (χ4n) is 3.23. The smallest absolute Gasteiger partial charge is 0.305 e. The number of nitrogens with zero attached hydrogens (tertiary/aromatic N) is 1. The van der Waals surface area contributed by atoms with Crippen molar-refractivity contribution in [1.82, 2.24) is 15.5 Å². The van der Waals surface area contributed by atoms with E-state index in [1.807, 2.05) is 0 Å². The number of ether oxygens (including phenoxy) is 1. The molecule has 0 saturated carbocycles. The van der Waals surface area contributed by atoms with Crippen LogP contribution >= 0.6 is 0 Å². The van der Waals surface area contributed by atoms with Crippen LogP contribution in [0.15, 0.2) is 0 Å². The zero-order valence-corrected chi connectivity index (χ0v) is 14.7. The van der Waals surface area contributed by atoms with Crippen LogP contribution < -0.4 is 16.4 Å². The number of primary amides is 1. The lowest BCUT2D eigenvalue weighted by Crippen LogP contribution is -2.55. The summed E-state index contributed by atoms with van der Waals surface area (Å²) >= 11 is 0. The second-order valence-corrected chi connectivity index (χ2v) is 6.43. The lowest BCUT2D eigenvalue weighted by atomic mass is 10.1. The Balaban J connectivity index is 2.07. The van der Waals surface area contributed by atoms with E-state index in [0.29, 0.717) is 25.8 Å². The molecule has 4 N–H and O–H groups in total. The fraction of sp³-hybridized carbons (Fsp3) is 0.688. The topological polar surface area (TPSA) is 148 Å². The summed E-state index contributed by atoms with van der Waals surface area (Å²) in [7, 11) is 1.23. The number of methoxy groups -OCH3 is 1. The van der Waals surface area contributed by atoms with Gasteiger partial charge in [-0.05, 0) is 25.7 Å². The molecular formula is C16H24N4O6. The Morgan fingerprint density at radius 3 is 2.65 bits per heavy atom. The van der Waals surface area contributed by atoms with Crippen LogP contribution in [-0.4, -0.2) is 66.3 Å². The van der Waals surface area contributed by atoms with E-state index in [9.17, 15) is 24.0 Å². The molecule has 26 heavy (non-hydrogen) atoms. The molecular weight excluding hydrogens is 344 g/mol. The van der Waals surface area contributed by atoms with Crippen molar-refractivity contribution in [3.63, 3.8) is 0 Å². The molecule has 2 fully saturated rings. The van der Waals surface area contributed by atoms with Gasteiger partial charge in [0.05, 0.1) is 7.11 Å². The van der Waals surface area contributed by atoms with Gasteiger partial charge in [-0.25, -0.2) is 0 Å². The second kappa shape index (κ2) is 8.63. The van der Waals surface area contributed by atoms with E-state index >= 15 is 0 Å². The molecule has 144 valence electrons. The molecule has 0 bridgehead atoms. The Bertz CT molecular complexity index is 608. The van der Waals surface area contributed by atoms with Crippen LogP contribution in [0.5, 0.6) is 0 Å². The molecule has 0 unspecified atom stereocenters. The van der Waals surface area contributed by atoms with Gasteiger partial charge in [-0.2, -0.15) is 0 Å². The van der Waals surface area contributed by atoms with Gasteiger partial charge in [0.2, 0.25) is 23.6 Å². The summed E-state index contributed by atoms with van der Waals surface area (Å²) in [6, 6.07) is -2.42. The normalized spacial score (nSPS) is 23.3. The van der Waals surface area contributed by atoms with Crippen molar-refractivity contribution in [2.45, 2.75) is 56.7 Å². The molecule has 10 heteroatoms. The van der Waals surface area contributed by atoms with E-state index in [-0.39, 0.29) is 25.2 Å². The first-order valence-corrected chi connectivity index (χ1v) is 8.59. The Hall–Kier alpha value is -2.65. The zero-order valence-electron chi connectivity index (χ0n) is 14.7. The number of carbonyl (C=O) groups is 5. The van der Waals surface area contributed by atoms with Gasteiger partial charge in [0.1, 0.15) is 18.1 Å². The monoisotopic (exact) mass is 368 g/mol. The van der Waals surface area contributed by atoms with Gasteiger partial charge < -0.3 is 26.0 Å². The van der Waals surface area contributed by atoms with Crippen molar-refractivity contribution in [1.29, 1.82) is 0 Å². The standard InChI is InChI=1S/C16H24N4O6/c1-26-13(22)7-5-10(19-15(24)9-4-6-12(21)18-9)16(25)20-8-2-3-11(20)14(17)23/h9-11H,2-8H2,1H3,(H2,17,23)(H,18,21)(H,19,24)/t9-,10-,11-/m0/s1. The van der Waals surface area contributed by atoms with E-state index in [1.165, 1.54) is 12.0 Å². The van der Waals surface area contributed by atoms with Crippen molar-refractivity contribution in [3.05, 3.63) is 0 Å². The summed E-state index contributed by atoms with van der Waals surface area (Å²) in [5, 5.41) is 5.12. The first kappa shape index (κ1) is 19.7. The Morgan fingerprint density at radius 1 is 1.35 bits per heavy atom. The predicted molar refractivity (Wildman–Crippen MR) is 88.3 cm³/mol. The molecule has 10 nitrogen and oxygen atoms in total. The third-order valence-electron chi connectivity index (χ3n) is 4.66. The summed E-state index contributed by atoms with van der Waals surface area (Å²) in [5.74, 6) is -2.30. The average Bonchev–Trinajstić information content (AvgIpc) is 3.26. The molecule has 0 spiro atoms. The van der Waals surface area contributed by atoms with Gasteiger partial charge in [0.15, 0.2) is 0 Å². The second-order valence-electron chi connectivity index (χ2n) is 6.43. The molecule has 2 heterocycles. The number of esters is 1. The van der Waals surface area contributed by atoms with E-state index in [2.05, 4.69) is 15.4 Å². The van der Waals surface area contributed by atoms with E-state index in [0.717, 1.165) is 0 Å². The van der Waals surface area contributed by atoms with Gasteiger partial charge in [0.25, 0.3) is 0 Å². The number of likely N-dealkylation sites (tertiary alicyclic amines) is 1. The zero-order chi connectivity index (χ0) is 19.3. The molecule has 4 amide bonds. The molecule has 2 rings (SSSR count). The SMILES string of the molecule is COC(=O)CC[C@H](NC(=O)[C@@H]1CCC(=O)N1)C(=O)N1CCC[C@H]1C(N)=O. The quantitative estimate of drug-likeness (QED) is 0.451. The summed E-state index contributed by atoms with van der Waals surface area (Å²) in [6.07, 6.45) is 1.65. The Labute approximate surface area is 150 Å². The number of rotatable bonds is 7. The van der Waals surface area contributed by atoms with Gasteiger partial charge >= 0.3 is 5.97 Å². The van der Waals surface area contributed by atoms with Crippen LogP contribution in [-0.2, 0) is 28.7 Å². The highest BCUT2D eigenvalue weighted by molar-refractivity contribution is 5.95. The minimum Gasteiger partial charge on any atom is -0.469 e. The maximum Gasteiger partial charge on any atom is 0.305 e. The van der Waals surface area contributed by atoms with E-state index < -0.39 is 41.8 Å². The molecule has 2 aliphatic heterocycles. The number of nitrogens with two attached hydrogens (primary N) is 1. The van der Waals surface area contributed by atoms with Gasteiger partial charge in [-0.1, -0.05) is 0 Å². The van der Waals surface area contributed by atoms with E-state index in [1.54, 1.807) is 0 Å². The maximum atomic E-state index is 12.8. The Kier molecular flexibility index (Phi) is 6.53.